The number of aromatic nitrogens is 2. The molecule has 1 saturated heterocycles. The molecule has 0 N–H and O–H groups in total. The maximum Gasteiger partial charge on any atom is 0.250 e. The largest absolute Gasteiger partial charge is 0.365 e. The summed E-state index contributed by atoms with van der Waals surface area (Å²) in [5.41, 5.74) is 4.02. The van der Waals surface area contributed by atoms with Crippen molar-refractivity contribution in [1.82, 2.24) is 14.5 Å². The molecule has 1 aromatic carbocycles. The second kappa shape index (κ2) is 8.28. The molecule has 6 nitrogen and oxygen atoms in total. The fourth-order valence-electron chi connectivity index (χ4n) is 4.68. The number of nitrogens with zero attached hydrogens (tertiary/aromatic N) is 3. The van der Waals surface area contributed by atoms with E-state index in [0.717, 1.165) is 49.2 Å². The van der Waals surface area contributed by atoms with Crippen molar-refractivity contribution in [3.05, 3.63) is 98.2 Å². The molecule has 0 bridgehead atoms. The zero-order valence-corrected chi connectivity index (χ0v) is 18.6. The number of carbonyl (C=O) groups is 1. The fourth-order valence-corrected chi connectivity index (χ4v) is 4.79. The van der Waals surface area contributed by atoms with Crippen LogP contribution in [-0.2, 0) is 30.5 Å². The van der Waals surface area contributed by atoms with Crippen molar-refractivity contribution in [2.75, 3.05) is 13.1 Å². The highest BCUT2D eigenvalue weighted by molar-refractivity contribution is 6.30. The first kappa shape index (κ1) is 21.1. The number of ketones is 1. The average Bonchev–Trinajstić information content (AvgIpc) is 3.13. The number of pyridine rings is 2. The van der Waals surface area contributed by atoms with Crippen LogP contribution in [0.15, 0.2) is 59.7 Å². The van der Waals surface area contributed by atoms with Crippen LogP contribution in [0.25, 0.3) is 0 Å². The summed E-state index contributed by atoms with van der Waals surface area (Å²) < 4.78 is 7.84. The summed E-state index contributed by atoms with van der Waals surface area (Å²) in [5.74, 6) is -0.115. The summed E-state index contributed by atoms with van der Waals surface area (Å²) >= 11 is 5.85. The van der Waals surface area contributed by atoms with Crippen molar-refractivity contribution in [2.45, 2.75) is 31.6 Å². The molecule has 1 spiro atoms. The number of halogens is 1. The van der Waals surface area contributed by atoms with E-state index in [1.807, 2.05) is 30.5 Å². The van der Waals surface area contributed by atoms with Gasteiger partial charge in [-0.05, 0) is 36.1 Å². The molecule has 5 rings (SSSR count). The lowest BCUT2D eigenvalue weighted by Gasteiger charge is -2.39. The number of likely N-dealkylation sites (tertiary alicyclic amines) is 1. The molecule has 2 aromatic heterocycles. The van der Waals surface area contributed by atoms with E-state index in [1.54, 1.807) is 29.8 Å². The Hall–Kier alpha value is -2.80. The van der Waals surface area contributed by atoms with E-state index in [0.29, 0.717) is 22.9 Å². The highest BCUT2D eigenvalue weighted by Gasteiger charge is 2.43. The molecule has 4 heterocycles. The Labute approximate surface area is 191 Å². The minimum absolute atomic E-state index is 0.0134. The van der Waals surface area contributed by atoms with E-state index in [2.05, 4.69) is 9.88 Å². The lowest BCUT2D eigenvalue weighted by Crippen LogP contribution is -2.42. The summed E-state index contributed by atoms with van der Waals surface area (Å²) in [7, 11) is 1.78. The van der Waals surface area contributed by atoms with Gasteiger partial charge in [0.1, 0.15) is 5.69 Å². The number of aryl methyl sites for hydroxylation is 1. The number of fused-ring (bicyclic) bond motifs is 2. The van der Waals surface area contributed by atoms with E-state index in [-0.39, 0.29) is 16.9 Å². The topological polar surface area (TPSA) is 64.4 Å². The van der Waals surface area contributed by atoms with Gasteiger partial charge in [-0.3, -0.25) is 19.5 Å². The van der Waals surface area contributed by atoms with Gasteiger partial charge in [-0.1, -0.05) is 35.9 Å². The minimum Gasteiger partial charge on any atom is -0.365 e. The molecule has 164 valence electrons. The number of ether oxygens (including phenoxy) is 1. The third-order valence-electron chi connectivity index (χ3n) is 6.55. The van der Waals surface area contributed by atoms with Gasteiger partial charge in [0.2, 0.25) is 5.78 Å². The van der Waals surface area contributed by atoms with Crippen LogP contribution in [0.4, 0.5) is 0 Å². The van der Waals surface area contributed by atoms with Crippen LogP contribution in [0, 0.1) is 0 Å². The fraction of sp³-hybridized carbons (Fsp3) is 0.320. The Morgan fingerprint density at radius 2 is 1.91 bits per heavy atom. The van der Waals surface area contributed by atoms with Gasteiger partial charge < -0.3 is 9.30 Å². The molecule has 0 atom stereocenters. The number of carbonyl (C=O) groups excluding carboxylic acids is 1. The number of piperidine rings is 1. The quantitative estimate of drug-likeness (QED) is 0.568. The molecule has 1 fully saturated rings. The predicted molar refractivity (Wildman–Crippen MR) is 122 cm³/mol. The summed E-state index contributed by atoms with van der Waals surface area (Å²) in [6.07, 6.45) is 5.12. The number of hydrogen-bond donors (Lipinski definition) is 0. The van der Waals surface area contributed by atoms with Gasteiger partial charge in [0.25, 0.3) is 5.56 Å². The van der Waals surface area contributed by atoms with Crippen LogP contribution in [0.1, 0.15) is 45.6 Å². The van der Waals surface area contributed by atoms with Crippen molar-refractivity contribution >= 4 is 17.4 Å². The second-order valence-corrected chi connectivity index (χ2v) is 9.04. The monoisotopic (exact) mass is 449 g/mol. The predicted octanol–water partition coefficient (Wildman–Crippen LogP) is 3.69. The van der Waals surface area contributed by atoms with E-state index < -0.39 is 0 Å². The van der Waals surface area contributed by atoms with Gasteiger partial charge in [-0.25, -0.2) is 0 Å². The Morgan fingerprint density at radius 3 is 2.59 bits per heavy atom. The molecular weight excluding hydrogens is 426 g/mol. The van der Waals surface area contributed by atoms with Gasteiger partial charge in [-0.2, -0.15) is 0 Å². The Kier molecular flexibility index (Phi) is 5.45. The van der Waals surface area contributed by atoms with Crippen molar-refractivity contribution in [3.8, 4) is 0 Å². The molecule has 2 aliphatic heterocycles. The first-order valence-electron chi connectivity index (χ1n) is 10.8. The summed E-state index contributed by atoms with van der Waals surface area (Å²) in [4.78, 5) is 31.3. The Morgan fingerprint density at radius 1 is 1.16 bits per heavy atom. The normalized spacial score (nSPS) is 17.4. The van der Waals surface area contributed by atoms with E-state index in [1.165, 1.54) is 6.20 Å². The zero-order chi connectivity index (χ0) is 22.3. The molecule has 0 saturated carbocycles. The second-order valence-electron chi connectivity index (χ2n) is 8.61. The van der Waals surface area contributed by atoms with Crippen molar-refractivity contribution in [3.63, 3.8) is 0 Å². The smallest absolute Gasteiger partial charge is 0.250 e. The van der Waals surface area contributed by atoms with Crippen LogP contribution < -0.4 is 5.56 Å². The highest BCUT2D eigenvalue weighted by atomic mass is 35.5. The SMILES string of the molecule is Cn1cc2c(cc1=O)C1(CCN(Cc3ccc(C(=O)c4ccc(Cl)cn4)cc3)CC1)OC2. The van der Waals surface area contributed by atoms with Crippen LogP contribution in [-0.4, -0.2) is 33.3 Å². The van der Waals surface area contributed by atoms with Crippen molar-refractivity contribution in [2.24, 2.45) is 7.05 Å². The Bertz CT molecular complexity index is 1210. The van der Waals surface area contributed by atoms with Crippen LogP contribution in [0.3, 0.4) is 0 Å². The number of rotatable bonds is 4. The van der Waals surface area contributed by atoms with Crippen LogP contribution in [0.5, 0.6) is 0 Å². The molecular formula is C25H24ClN3O3. The Balaban J connectivity index is 1.23. The van der Waals surface area contributed by atoms with Crippen molar-refractivity contribution in [1.29, 1.82) is 0 Å². The maximum atomic E-state index is 12.6. The van der Waals surface area contributed by atoms with E-state index in [4.69, 9.17) is 16.3 Å². The number of benzene rings is 1. The van der Waals surface area contributed by atoms with E-state index in [9.17, 15) is 9.59 Å². The van der Waals surface area contributed by atoms with E-state index >= 15 is 0 Å². The molecule has 0 aliphatic carbocycles. The first-order valence-corrected chi connectivity index (χ1v) is 11.1. The maximum absolute atomic E-state index is 12.6. The average molecular weight is 450 g/mol. The lowest BCUT2D eigenvalue weighted by atomic mass is 9.84. The van der Waals surface area contributed by atoms with Crippen molar-refractivity contribution < 1.29 is 9.53 Å². The standard InChI is InChI=1S/C25H24ClN3O3/c1-28-15-19-16-32-25(21(19)12-23(28)30)8-10-29(11-9-25)14-17-2-4-18(5-3-17)24(31)22-7-6-20(26)13-27-22/h2-7,12-13,15H,8-11,14,16H2,1H3. The summed E-state index contributed by atoms with van der Waals surface area (Å²) in [5, 5.41) is 0.508. The van der Waals surface area contributed by atoms with Gasteiger partial charge >= 0.3 is 0 Å². The zero-order valence-electron chi connectivity index (χ0n) is 17.9. The molecule has 2 aliphatic rings. The van der Waals surface area contributed by atoms with Gasteiger partial charge in [0.15, 0.2) is 0 Å². The molecule has 0 unspecified atom stereocenters. The third-order valence-corrected chi connectivity index (χ3v) is 6.78. The number of hydrogen-bond acceptors (Lipinski definition) is 5. The molecule has 0 amide bonds. The van der Waals surface area contributed by atoms with Crippen LogP contribution in [0.2, 0.25) is 5.02 Å². The van der Waals surface area contributed by atoms with Gasteiger partial charge in [0.05, 0.1) is 17.2 Å². The van der Waals surface area contributed by atoms with Gasteiger partial charge in [0, 0.05) is 56.3 Å². The lowest BCUT2D eigenvalue weighted by molar-refractivity contribution is -0.0799. The molecule has 3 aromatic rings. The summed E-state index contributed by atoms with van der Waals surface area (Å²) in [6, 6.07) is 12.8. The molecule has 32 heavy (non-hydrogen) atoms. The summed E-state index contributed by atoms with van der Waals surface area (Å²) in [6.45, 7) is 3.17. The molecule has 0 radical (unpaired) electrons. The van der Waals surface area contributed by atoms with Gasteiger partial charge in [-0.15, -0.1) is 0 Å². The third kappa shape index (κ3) is 3.90. The van der Waals surface area contributed by atoms with Crippen LogP contribution >= 0.6 is 11.6 Å². The first-order chi connectivity index (χ1) is 15.4. The molecule has 7 heteroatoms. The highest BCUT2D eigenvalue weighted by Crippen LogP contribution is 2.43. The minimum atomic E-state index is -0.332.